The predicted molar refractivity (Wildman–Crippen MR) is 131 cm³/mol. The number of rotatable bonds is 9. The van der Waals surface area contributed by atoms with E-state index < -0.39 is 28.5 Å². The Morgan fingerprint density at radius 1 is 1.18 bits per heavy atom. The van der Waals surface area contributed by atoms with Gasteiger partial charge in [0.2, 0.25) is 3.79 Å². The number of alkyl halides is 3. The van der Waals surface area contributed by atoms with Gasteiger partial charge < -0.3 is 14.2 Å². The second-order valence-corrected chi connectivity index (χ2v) is 11.0. The van der Waals surface area contributed by atoms with Crippen molar-refractivity contribution in [3.05, 3.63) is 40.5 Å². The monoisotopic (exact) mass is 583 g/mol. The van der Waals surface area contributed by atoms with E-state index in [4.69, 9.17) is 49.0 Å². The first-order valence-electron chi connectivity index (χ1n) is 9.92. The van der Waals surface area contributed by atoms with Gasteiger partial charge in [-0.3, -0.25) is 4.68 Å². The summed E-state index contributed by atoms with van der Waals surface area (Å²) in [4.78, 5) is 27.4. The number of nitrogens with zero attached hydrogens (tertiary/aromatic N) is 3. The zero-order valence-corrected chi connectivity index (χ0v) is 22.4. The van der Waals surface area contributed by atoms with Crippen LogP contribution in [0.3, 0.4) is 0 Å². The van der Waals surface area contributed by atoms with Gasteiger partial charge in [-0.25, -0.2) is 14.5 Å². The molecule has 1 heterocycles. The maximum atomic E-state index is 13.2. The zero-order chi connectivity index (χ0) is 24.8. The highest BCUT2D eigenvalue weighted by Gasteiger charge is 2.38. The van der Waals surface area contributed by atoms with Gasteiger partial charge in [-0.15, -0.1) is 0 Å². The molecule has 2 rings (SSSR count). The molecule has 0 spiro atoms. The molecule has 0 aliphatic heterocycles. The topological polar surface area (TPSA) is 82.9 Å². The first-order valence-corrected chi connectivity index (χ1v) is 11.9. The molecule has 0 fully saturated rings. The van der Waals surface area contributed by atoms with Crippen LogP contribution in [-0.2, 0) is 27.9 Å². The summed E-state index contributed by atoms with van der Waals surface area (Å²) in [6.45, 7) is 3.34. The molecule has 0 unspecified atom stereocenters. The normalized spacial score (nSPS) is 12.4. The number of amides is 1. The third-order valence-corrected chi connectivity index (χ3v) is 5.26. The van der Waals surface area contributed by atoms with Crippen molar-refractivity contribution in [2.75, 3.05) is 18.6 Å². The summed E-state index contributed by atoms with van der Waals surface area (Å²) in [5.41, 5.74) is 0.761. The summed E-state index contributed by atoms with van der Waals surface area (Å²) in [5, 5.41) is 4.30. The van der Waals surface area contributed by atoms with Crippen molar-refractivity contribution >= 4 is 68.6 Å². The summed E-state index contributed by atoms with van der Waals surface area (Å²) < 4.78 is 16.0. The summed E-state index contributed by atoms with van der Waals surface area (Å²) in [5.74, 6) is 0.280. The highest BCUT2D eigenvalue weighted by atomic mass is 79.9. The maximum Gasteiger partial charge on any atom is 0.416 e. The Bertz CT molecular complexity index is 948. The Kier molecular flexibility index (Phi) is 10.1. The van der Waals surface area contributed by atoms with Crippen LogP contribution in [0.5, 0.6) is 5.75 Å². The van der Waals surface area contributed by atoms with E-state index in [-0.39, 0.29) is 24.8 Å². The molecule has 0 aliphatic carbocycles. The molecule has 12 heteroatoms. The molecule has 1 atom stereocenters. The summed E-state index contributed by atoms with van der Waals surface area (Å²) in [6, 6.07) is 6.07. The second-order valence-electron chi connectivity index (χ2n) is 7.62. The van der Waals surface area contributed by atoms with Crippen LogP contribution in [0.25, 0.3) is 0 Å². The van der Waals surface area contributed by atoms with Crippen LogP contribution in [0.4, 0.5) is 10.6 Å². The second kappa shape index (κ2) is 12.1. The Balaban J connectivity index is 2.32. The van der Waals surface area contributed by atoms with Gasteiger partial charge in [-0.2, -0.15) is 5.10 Å². The smallest absolute Gasteiger partial charge is 0.416 e. The first-order chi connectivity index (χ1) is 15.4. The number of hydrogen-bond acceptors (Lipinski definition) is 6. The third-order valence-electron chi connectivity index (χ3n) is 4.37. The van der Waals surface area contributed by atoms with Crippen LogP contribution in [-0.4, -0.2) is 45.4 Å². The lowest BCUT2D eigenvalue weighted by atomic mass is 10.0. The molecular formula is C21H25BrCl3N3O5. The number of carbonyl (C=O) groups excluding carboxylic acids is 2. The molecule has 1 aromatic carbocycles. The fourth-order valence-corrected chi connectivity index (χ4v) is 3.64. The van der Waals surface area contributed by atoms with Gasteiger partial charge >= 0.3 is 12.1 Å². The zero-order valence-electron chi connectivity index (χ0n) is 18.6. The first kappa shape index (κ1) is 27.6. The number of hydrogen-bond donors (Lipinski definition) is 0. The van der Waals surface area contributed by atoms with Crippen LogP contribution in [0.2, 0.25) is 0 Å². The van der Waals surface area contributed by atoms with Crippen LogP contribution < -0.4 is 9.64 Å². The average Bonchev–Trinajstić information content (AvgIpc) is 3.07. The molecule has 0 radical (unpaired) electrons. The molecule has 0 N–H and O–H groups in total. The summed E-state index contributed by atoms with van der Waals surface area (Å²) in [6.07, 6.45) is 1.03. The number of halogens is 4. The minimum absolute atomic E-state index is 0.0118. The predicted octanol–water partition coefficient (Wildman–Crippen LogP) is 5.66. The molecule has 1 amide bonds. The Labute approximate surface area is 216 Å². The number of aryl methyl sites for hydroxylation is 1. The van der Waals surface area contributed by atoms with E-state index in [1.807, 2.05) is 13.8 Å². The maximum absolute atomic E-state index is 13.2. The molecule has 2 aromatic rings. The van der Waals surface area contributed by atoms with Crippen molar-refractivity contribution in [2.45, 2.75) is 36.7 Å². The van der Waals surface area contributed by atoms with E-state index in [1.165, 1.54) is 4.68 Å². The Morgan fingerprint density at radius 3 is 2.30 bits per heavy atom. The van der Waals surface area contributed by atoms with Gasteiger partial charge in [0.05, 0.1) is 11.6 Å². The van der Waals surface area contributed by atoms with Crippen molar-refractivity contribution in [1.82, 2.24) is 9.78 Å². The van der Waals surface area contributed by atoms with Crippen molar-refractivity contribution in [3.63, 3.8) is 0 Å². The number of benzene rings is 1. The number of anilines is 1. The van der Waals surface area contributed by atoms with Crippen molar-refractivity contribution < 1.29 is 23.8 Å². The van der Waals surface area contributed by atoms with E-state index in [9.17, 15) is 9.59 Å². The van der Waals surface area contributed by atoms with Crippen LogP contribution in [0, 0.1) is 5.92 Å². The molecule has 8 nitrogen and oxygen atoms in total. The quantitative estimate of drug-likeness (QED) is 0.279. The van der Waals surface area contributed by atoms with Crippen molar-refractivity contribution in [3.8, 4) is 5.75 Å². The summed E-state index contributed by atoms with van der Waals surface area (Å²) >= 11 is 20.6. The molecule has 0 bridgehead atoms. The number of esters is 1. The van der Waals surface area contributed by atoms with Gasteiger partial charge in [0.15, 0.2) is 5.82 Å². The minimum atomic E-state index is -1.81. The Morgan fingerprint density at radius 2 is 1.82 bits per heavy atom. The lowest BCUT2D eigenvalue weighted by Crippen LogP contribution is -2.48. The molecule has 0 saturated heterocycles. The van der Waals surface area contributed by atoms with Crippen LogP contribution >= 0.6 is 50.7 Å². The fraction of sp³-hybridized carbons (Fsp3) is 0.476. The minimum Gasteiger partial charge on any atom is -0.497 e. The van der Waals surface area contributed by atoms with Gasteiger partial charge in [0.1, 0.15) is 25.0 Å². The lowest BCUT2D eigenvalue weighted by Gasteiger charge is -2.29. The molecule has 33 heavy (non-hydrogen) atoms. The number of carbonyl (C=O) groups is 2. The van der Waals surface area contributed by atoms with Gasteiger partial charge in [-0.1, -0.05) is 60.8 Å². The fourth-order valence-electron chi connectivity index (χ4n) is 2.91. The van der Waals surface area contributed by atoms with E-state index in [2.05, 4.69) is 21.0 Å². The lowest BCUT2D eigenvalue weighted by molar-refractivity contribution is -0.147. The van der Waals surface area contributed by atoms with Gasteiger partial charge in [0, 0.05) is 13.2 Å². The van der Waals surface area contributed by atoms with E-state index >= 15 is 0 Å². The SMILES string of the molecule is COc1ccc(COC(=O)[C@H](CC(C)C)N(C(=O)OCC(Cl)(Cl)Cl)c2nn(C)cc2Br)cc1. The highest BCUT2D eigenvalue weighted by Crippen LogP contribution is 2.31. The Hall–Kier alpha value is -1.68. The van der Waals surface area contributed by atoms with E-state index in [0.29, 0.717) is 10.2 Å². The molecule has 182 valence electrons. The van der Waals surface area contributed by atoms with Crippen molar-refractivity contribution in [1.29, 1.82) is 0 Å². The standard InChI is InChI=1S/C21H25BrCl3N3O5/c1-13(2)9-17(19(29)32-11-14-5-7-15(31-4)8-6-14)28(18-16(22)10-27(3)26-18)20(30)33-12-21(23,24)25/h5-8,10,13,17H,9,11-12H2,1-4H3/t17-/m0/s1. The highest BCUT2D eigenvalue weighted by molar-refractivity contribution is 9.10. The van der Waals surface area contributed by atoms with E-state index in [0.717, 1.165) is 10.5 Å². The number of methoxy groups -OCH3 is 1. The molecule has 1 aromatic heterocycles. The van der Waals surface area contributed by atoms with Crippen molar-refractivity contribution in [2.24, 2.45) is 13.0 Å². The van der Waals surface area contributed by atoms with Gasteiger partial charge in [-0.05, 0) is 46.0 Å². The number of aromatic nitrogens is 2. The van der Waals surface area contributed by atoms with Gasteiger partial charge in [0.25, 0.3) is 0 Å². The molecule has 0 aliphatic rings. The average molecular weight is 586 g/mol. The van der Waals surface area contributed by atoms with Crippen LogP contribution in [0.1, 0.15) is 25.8 Å². The largest absolute Gasteiger partial charge is 0.497 e. The van der Waals surface area contributed by atoms with E-state index in [1.54, 1.807) is 44.6 Å². The molecular weight excluding hydrogens is 561 g/mol. The molecule has 0 saturated carbocycles. The summed E-state index contributed by atoms with van der Waals surface area (Å²) in [7, 11) is 3.25. The van der Waals surface area contributed by atoms with Crippen LogP contribution in [0.15, 0.2) is 34.9 Å². The third kappa shape index (κ3) is 8.55. The number of ether oxygens (including phenoxy) is 3.